The smallest absolute Gasteiger partial charge is 0.270 e. The highest BCUT2D eigenvalue weighted by atomic mass is 32.2. The van der Waals surface area contributed by atoms with Crippen LogP contribution < -0.4 is 5.14 Å². The van der Waals surface area contributed by atoms with Gasteiger partial charge in [-0.15, -0.1) is 0 Å². The molecule has 32 heavy (non-hydrogen) atoms. The van der Waals surface area contributed by atoms with Crippen molar-refractivity contribution >= 4 is 44.5 Å². The van der Waals surface area contributed by atoms with E-state index in [1.54, 1.807) is 23.2 Å². The number of nitrogens with two attached hydrogens (primary N) is 1. The van der Waals surface area contributed by atoms with Crippen LogP contribution in [0, 0.1) is 0 Å². The molecule has 0 radical (unpaired) electrons. The van der Waals surface area contributed by atoms with Crippen molar-refractivity contribution in [1.29, 1.82) is 0 Å². The molecule has 170 valence electrons. The van der Waals surface area contributed by atoms with Crippen LogP contribution in [0.25, 0.3) is 11.0 Å². The Hall–Kier alpha value is -2.63. The van der Waals surface area contributed by atoms with Crippen LogP contribution in [0.4, 0.5) is 0 Å². The zero-order chi connectivity index (χ0) is 22.9. The number of Topliss-reactive ketones (excluding diaryl/α,β-unsaturated/α-hetero) is 1. The Balaban J connectivity index is 1.51. The van der Waals surface area contributed by atoms with Crippen LogP contribution >= 0.6 is 11.8 Å². The van der Waals surface area contributed by atoms with Crippen molar-refractivity contribution in [3.8, 4) is 0 Å². The van der Waals surface area contributed by atoms with E-state index in [0.29, 0.717) is 28.5 Å². The van der Waals surface area contributed by atoms with Crippen LogP contribution in [0.1, 0.15) is 47.0 Å². The van der Waals surface area contributed by atoms with Crippen LogP contribution in [-0.2, 0) is 16.6 Å². The summed E-state index contributed by atoms with van der Waals surface area (Å²) in [5.74, 6) is -0.0544. The number of aromatic amines is 1. The molecule has 1 saturated heterocycles. The maximum atomic E-state index is 12.7. The number of nitrogens with one attached hydrogen (secondary N) is 1. The molecular weight excluding hydrogens is 450 g/mol. The average Bonchev–Trinajstić information content (AvgIpc) is 3.51. The number of aryl methyl sites for hydroxylation is 1. The van der Waals surface area contributed by atoms with Gasteiger partial charge < -0.3 is 14.5 Å². The summed E-state index contributed by atoms with van der Waals surface area (Å²) in [7, 11) is -3.83. The normalized spacial score (nSPS) is 14.4. The molecule has 1 aromatic carbocycles. The van der Waals surface area contributed by atoms with E-state index in [1.807, 2.05) is 11.5 Å². The Labute approximate surface area is 190 Å². The molecule has 0 atom stereocenters. The number of ketones is 1. The van der Waals surface area contributed by atoms with E-state index in [4.69, 9.17) is 5.14 Å². The summed E-state index contributed by atoms with van der Waals surface area (Å²) in [5, 5.41) is 5.87. The highest BCUT2D eigenvalue weighted by molar-refractivity contribution is 7.99. The summed E-state index contributed by atoms with van der Waals surface area (Å²) in [6, 6.07) is 6.21. The summed E-state index contributed by atoms with van der Waals surface area (Å²) in [6.45, 7) is 4.21. The van der Waals surface area contributed by atoms with Gasteiger partial charge in [-0.3, -0.25) is 9.59 Å². The molecule has 0 aliphatic carbocycles. The highest BCUT2D eigenvalue weighted by Crippen LogP contribution is 2.27. The lowest BCUT2D eigenvalue weighted by Gasteiger charge is -2.13. The summed E-state index contributed by atoms with van der Waals surface area (Å²) < 4.78 is 25.3. The molecule has 1 aliphatic rings. The molecule has 4 rings (SSSR count). The van der Waals surface area contributed by atoms with E-state index in [2.05, 4.69) is 9.97 Å². The Morgan fingerprint density at radius 3 is 2.66 bits per heavy atom. The van der Waals surface area contributed by atoms with Crippen molar-refractivity contribution in [3.05, 3.63) is 41.7 Å². The first kappa shape index (κ1) is 22.6. The van der Waals surface area contributed by atoms with Gasteiger partial charge in [0.25, 0.3) is 5.91 Å². The number of amides is 1. The van der Waals surface area contributed by atoms with Gasteiger partial charge in [-0.05, 0) is 43.5 Å². The predicted molar refractivity (Wildman–Crippen MR) is 122 cm³/mol. The number of likely N-dealkylation sites (tertiary alicyclic amines) is 1. The Morgan fingerprint density at radius 2 is 1.97 bits per heavy atom. The molecule has 3 aromatic rings. The van der Waals surface area contributed by atoms with Gasteiger partial charge in [0.15, 0.2) is 10.9 Å². The molecule has 3 N–H and O–H groups in total. The number of primary sulfonamides is 1. The number of thioether (sulfide) groups is 1. The number of hydrogen-bond acceptors (Lipinski definition) is 6. The van der Waals surface area contributed by atoms with Crippen LogP contribution in [0.15, 0.2) is 40.5 Å². The molecule has 0 saturated carbocycles. The van der Waals surface area contributed by atoms with E-state index < -0.39 is 10.0 Å². The Kier molecular flexibility index (Phi) is 6.40. The summed E-state index contributed by atoms with van der Waals surface area (Å²) in [5.41, 5.74) is 2.18. The number of hydrogen-bond donors (Lipinski definition) is 2. The van der Waals surface area contributed by atoms with Crippen LogP contribution in [0.2, 0.25) is 0 Å². The first-order chi connectivity index (χ1) is 15.3. The molecule has 0 spiro atoms. The Morgan fingerprint density at radius 1 is 1.22 bits per heavy atom. The summed E-state index contributed by atoms with van der Waals surface area (Å²) in [4.78, 5) is 34.5. The number of aromatic nitrogens is 3. The standard InChI is InChI=1S/C21H25N5O4S2/c1-2-7-26-18-6-5-15(32(22,29)30)11-16(18)24-21(26)31-13-19(27)14-10-17(23-12-14)20(28)25-8-3-4-9-25/h5-6,10-12,23H,2-4,7-9,13H2,1H3,(H2,22,29,30). The van der Waals surface area contributed by atoms with E-state index in [9.17, 15) is 18.0 Å². The van der Waals surface area contributed by atoms with Crippen molar-refractivity contribution in [2.24, 2.45) is 5.14 Å². The topological polar surface area (TPSA) is 131 Å². The number of carbonyl (C=O) groups is 2. The number of benzene rings is 1. The van der Waals surface area contributed by atoms with Crippen molar-refractivity contribution < 1.29 is 18.0 Å². The van der Waals surface area contributed by atoms with Gasteiger partial charge in [0.2, 0.25) is 10.0 Å². The summed E-state index contributed by atoms with van der Waals surface area (Å²) in [6.07, 6.45) is 4.43. The molecule has 2 aromatic heterocycles. The fourth-order valence-corrected chi connectivity index (χ4v) is 5.27. The van der Waals surface area contributed by atoms with E-state index in [1.165, 1.54) is 23.9 Å². The van der Waals surface area contributed by atoms with Gasteiger partial charge in [0.1, 0.15) is 5.69 Å². The quantitative estimate of drug-likeness (QED) is 0.380. The van der Waals surface area contributed by atoms with Gasteiger partial charge in [0, 0.05) is 31.4 Å². The van der Waals surface area contributed by atoms with E-state index >= 15 is 0 Å². The van der Waals surface area contributed by atoms with Gasteiger partial charge in [-0.1, -0.05) is 18.7 Å². The number of sulfonamides is 1. The first-order valence-corrected chi connectivity index (χ1v) is 13.0. The van der Waals surface area contributed by atoms with E-state index in [-0.39, 0.29) is 22.3 Å². The van der Waals surface area contributed by atoms with Crippen LogP contribution in [0.3, 0.4) is 0 Å². The molecule has 1 amide bonds. The molecule has 3 heterocycles. The van der Waals surface area contributed by atoms with Gasteiger partial charge >= 0.3 is 0 Å². The van der Waals surface area contributed by atoms with Crippen LogP contribution in [0.5, 0.6) is 0 Å². The number of nitrogens with zero attached hydrogens (tertiary/aromatic N) is 3. The second kappa shape index (κ2) is 9.08. The lowest BCUT2D eigenvalue weighted by molar-refractivity contribution is 0.0787. The third-order valence-corrected chi connectivity index (χ3v) is 7.31. The Bertz CT molecular complexity index is 1270. The predicted octanol–water partition coefficient (Wildman–Crippen LogP) is 2.63. The zero-order valence-electron chi connectivity index (χ0n) is 17.7. The lowest BCUT2D eigenvalue weighted by Crippen LogP contribution is -2.27. The fourth-order valence-electron chi connectivity index (χ4n) is 3.80. The molecule has 9 nitrogen and oxygen atoms in total. The second-order valence-corrected chi connectivity index (χ2v) is 10.3. The minimum Gasteiger partial charge on any atom is -0.356 e. The first-order valence-electron chi connectivity index (χ1n) is 10.4. The minimum absolute atomic E-state index is 0.00120. The largest absolute Gasteiger partial charge is 0.356 e. The molecule has 0 unspecified atom stereocenters. The fraction of sp³-hybridized carbons (Fsp3) is 0.381. The maximum absolute atomic E-state index is 12.7. The average molecular weight is 476 g/mol. The number of imidazole rings is 1. The van der Waals surface area contributed by atoms with Crippen molar-refractivity contribution in [2.45, 2.75) is 42.8 Å². The highest BCUT2D eigenvalue weighted by Gasteiger charge is 2.22. The molecule has 1 fully saturated rings. The zero-order valence-corrected chi connectivity index (χ0v) is 19.3. The van der Waals surface area contributed by atoms with Crippen LogP contribution in [-0.4, -0.2) is 58.4 Å². The molecule has 11 heteroatoms. The third kappa shape index (κ3) is 4.59. The monoisotopic (exact) mass is 475 g/mol. The SMILES string of the molecule is CCCn1c(SCC(=O)c2c[nH]c(C(=O)N3CCCC3)c2)nc2cc(S(N)(=O)=O)ccc21. The van der Waals surface area contributed by atoms with Crippen molar-refractivity contribution in [3.63, 3.8) is 0 Å². The van der Waals surface area contributed by atoms with Gasteiger partial charge in [0.05, 0.1) is 21.7 Å². The minimum atomic E-state index is -3.83. The number of H-pyrrole nitrogens is 1. The second-order valence-electron chi connectivity index (χ2n) is 7.75. The van der Waals surface area contributed by atoms with Gasteiger partial charge in [-0.2, -0.15) is 0 Å². The van der Waals surface area contributed by atoms with Gasteiger partial charge in [-0.25, -0.2) is 18.5 Å². The van der Waals surface area contributed by atoms with Crippen molar-refractivity contribution in [1.82, 2.24) is 19.4 Å². The number of rotatable bonds is 8. The lowest BCUT2D eigenvalue weighted by atomic mass is 10.2. The third-order valence-electron chi connectivity index (χ3n) is 5.42. The number of carbonyl (C=O) groups excluding carboxylic acids is 2. The summed E-state index contributed by atoms with van der Waals surface area (Å²) >= 11 is 1.28. The van der Waals surface area contributed by atoms with E-state index in [0.717, 1.165) is 37.9 Å². The maximum Gasteiger partial charge on any atom is 0.270 e. The molecule has 0 bridgehead atoms. The molecule has 1 aliphatic heterocycles. The number of fused-ring (bicyclic) bond motifs is 1. The van der Waals surface area contributed by atoms with Crippen molar-refractivity contribution in [2.75, 3.05) is 18.8 Å². The molecular formula is C21H25N5O4S2.